The van der Waals surface area contributed by atoms with Crippen molar-refractivity contribution in [2.75, 3.05) is 0 Å². The lowest BCUT2D eigenvalue weighted by Crippen LogP contribution is -2.41. The van der Waals surface area contributed by atoms with E-state index >= 15 is 0 Å². The Bertz CT molecular complexity index is 433. The van der Waals surface area contributed by atoms with Gasteiger partial charge in [-0.2, -0.15) is 8.78 Å². The van der Waals surface area contributed by atoms with Crippen LogP contribution in [0.15, 0.2) is 24.3 Å². The van der Waals surface area contributed by atoms with E-state index in [4.69, 9.17) is 5.73 Å². The molecule has 0 heterocycles. The molecule has 0 spiro atoms. The molecule has 0 aliphatic heterocycles. The largest absolute Gasteiger partial charge is 0.435 e. The maximum absolute atomic E-state index is 12.1. The van der Waals surface area contributed by atoms with E-state index in [0.717, 1.165) is 0 Å². The zero-order valence-electron chi connectivity index (χ0n) is 11.3. The molecule has 7 heteroatoms. The predicted octanol–water partition coefficient (Wildman–Crippen LogP) is 2.62. The maximum Gasteiger partial charge on any atom is 0.387 e. The van der Waals surface area contributed by atoms with Crippen LogP contribution in [-0.4, -0.2) is 18.6 Å². The number of benzene rings is 1. The molecule has 1 unspecified atom stereocenters. The molecular weight excluding hydrogens is 290 g/mol. The fourth-order valence-electron chi connectivity index (χ4n) is 1.55. The fourth-order valence-corrected chi connectivity index (χ4v) is 1.55. The number of halogens is 3. The second kappa shape index (κ2) is 8.71. The van der Waals surface area contributed by atoms with Gasteiger partial charge in [0, 0.05) is 0 Å². The van der Waals surface area contributed by atoms with E-state index in [9.17, 15) is 13.6 Å². The second-order valence-electron chi connectivity index (χ2n) is 4.20. The summed E-state index contributed by atoms with van der Waals surface area (Å²) in [6, 6.07) is 5.32. The Kier molecular flexibility index (Phi) is 8.10. The Balaban J connectivity index is 0.00000361. The molecule has 4 nitrogen and oxygen atoms in total. The van der Waals surface area contributed by atoms with Gasteiger partial charge in [0.1, 0.15) is 5.75 Å². The van der Waals surface area contributed by atoms with Crippen molar-refractivity contribution < 1.29 is 18.3 Å². The lowest BCUT2D eigenvalue weighted by Gasteiger charge is -2.17. The van der Waals surface area contributed by atoms with E-state index in [1.54, 1.807) is 19.1 Å². The molecule has 1 aromatic carbocycles. The topological polar surface area (TPSA) is 64.4 Å². The van der Waals surface area contributed by atoms with Crippen LogP contribution >= 0.6 is 12.4 Å². The lowest BCUT2D eigenvalue weighted by atomic mass is 10.1. The van der Waals surface area contributed by atoms with Crippen molar-refractivity contribution in [3.8, 4) is 5.75 Å². The summed E-state index contributed by atoms with van der Waals surface area (Å²) >= 11 is 0. The van der Waals surface area contributed by atoms with Crippen LogP contribution in [0.3, 0.4) is 0 Å². The van der Waals surface area contributed by atoms with Gasteiger partial charge in [0.15, 0.2) is 0 Å². The smallest absolute Gasteiger partial charge is 0.387 e. The zero-order valence-corrected chi connectivity index (χ0v) is 12.1. The summed E-state index contributed by atoms with van der Waals surface area (Å²) < 4.78 is 28.5. The van der Waals surface area contributed by atoms with Gasteiger partial charge in [0.05, 0.1) is 12.1 Å². The third-order valence-corrected chi connectivity index (χ3v) is 2.72. The van der Waals surface area contributed by atoms with Gasteiger partial charge in [0.25, 0.3) is 0 Å². The van der Waals surface area contributed by atoms with E-state index in [2.05, 4.69) is 10.1 Å². The molecule has 20 heavy (non-hydrogen) atoms. The third kappa shape index (κ3) is 5.71. The van der Waals surface area contributed by atoms with Crippen LogP contribution in [0, 0.1) is 0 Å². The van der Waals surface area contributed by atoms with Crippen LogP contribution < -0.4 is 15.8 Å². The summed E-state index contributed by atoms with van der Waals surface area (Å²) in [6.07, 6.45) is 0.535. The standard InChI is InChI=1S/C13H18F2N2O2.ClH/c1-3-11(16)12(18)17-8(2)9-5-4-6-10(7-9)19-13(14)15;/h4-8,11,13H,3,16H2,1-2H3,(H,17,18);1H/t8?,11-;/m0./s1. The van der Waals surface area contributed by atoms with E-state index < -0.39 is 12.7 Å². The number of nitrogens with two attached hydrogens (primary N) is 1. The molecule has 0 aliphatic rings. The van der Waals surface area contributed by atoms with Crippen molar-refractivity contribution in [1.29, 1.82) is 0 Å². The van der Waals surface area contributed by atoms with Crippen LogP contribution in [0.25, 0.3) is 0 Å². The van der Waals surface area contributed by atoms with Gasteiger partial charge in [-0.15, -0.1) is 12.4 Å². The third-order valence-electron chi connectivity index (χ3n) is 2.72. The van der Waals surface area contributed by atoms with Crippen LogP contribution in [0.2, 0.25) is 0 Å². The van der Waals surface area contributed by atoms with Crippen molar-refractivity contribution >= 4 is 18.3 Å². The first-order valence-electron chi connectivity index (χ1n) is 6.04. The molecule has 0 bridgehead atoms. The molecule has 0 aromatic heterocycles. The molecule has 2 atom stereocenters. The van der Waals surface area contributed by atoms with Gasteiger partial charge in [-0.3, -0.25) is 4.79 Å². The molecule has 1 aromatic rings. The van der Waals surface area contributed by atoms with Gasteiger partial charge in [-0.05, 0) is 31.0 Å². The van der Waals surface area contributed by atoms with Gasteiger partial charge in [0.2, 0.25) is 5.91 Å². The molecule has 0 saturated heterocycles. The van der Waals surface area contributed by atoms with Crippen LogP contribution in [0.5, 0.6) is 5.75 Å². The highest BCUT2D eigenvalue weighted by molar-refractivity contribution is 5.85. The zero-order chi connectivity index (χ0) is 14.4. The summed E-state index contributed by atoms with van der Waals surface area (Å²) in [7, 11) is 0. The number of amides is 1. The van der Waals surface area contributed by atoms with Crippen molar-refractivity contribution in [3.63, 3.8) is 0 Å². The fraction of sp³-hybridized carbons (Fsp3) is 0.462. The SMILES string of the molecule is CC[C@H](N)C(=O)NC(C)c1cccc(OC(F)F)c1.Cl. The molecule has 0 fully saturated rings. The number of nitrogens with one attached hydrogen (secondary N) is 1. The van der Waals surface area contributed by atoms with Crippen LogP contribution in [0.4, 0.5) is 8.78 Å². The van der Waals surface area contributed by atoms with E-state index in [-0.39, 0.29) is 30.1 Å². The minimum absolute atomic E-state index is 0. The monoisotopic (exact) mass is 308 g/mol. The minimum Gasteiger partial charge on any atom is -0.435 e. The van der Waals surface area contributed by atoms with Crippen molar-refractivity contribution in [2.24, 2.45) is 5.73 Å². The Morgan fingerprint density at radius 3 is 2.65 bits per heavy atom. The van der Waals surface area contributed by atoms with Crippen LogP contribution in [-0.2, 0) is 4.79 Å². The average Bonchev–Trinajstić information content (AvgIpc) is 2.37. The number of rotatable bonds is 6. The summed E-state index contributed by atoms with van der Waals surface area (Å²) in [5.41, 5.74) is 6.28. The van der Waals surface area contributed by atoms with Gasteiger partial charge in [-0.1, -0.05) is 19.1 Å². The number of ether oxygens (including phenoxy) is 1. The Hall–Kier alpha value is -1.40. The van der Waals surface area contributed by atoms with Crippen molar-refractivity contribution in [2.45, 2.75) is 39.0 Å². The molecule has 0 radical (unpaired) electrons. The lowest BCUT2D eigenvalue weighted by molar-refractivity contribution is -0.123. The molecule has 1 amide bonds. The normalized spacial score (nSPS) is 13.3. The molecule has 0 saturated carbocycles. The molecular formula is C13H19ClF2N2O2. The molecule has 3 N–H and O–H groups in total. The molecule has 0 aliphatic carbocycles. The predicted molar refractivity (Wildman–Crippen MR) is 75.1 cm³/mol. The number of hydrogen-bond donors (Lipinski definition) is 2. The van der Waals surface area contributed by atoms with Gasteiger partial charge >= 0.3 is 6.61 Å². The Morgan fingerprint density at radius 1 is 1.45 bits per heavy atom. The Morgan fingerprint density at radius 2 is 2.10 bits per heavy atom. The highest BCUT2D eigenvalue weighted by atomic mass is 35.5. The van der Waals surface area contributed by atoms with Gasteiger partial charge in [-0.25, -0.2) is 0 Å². The van der Waals surface area contributed by atoms with Crippen molar-refractivity contribution in [1.82, 2.24) is 5.32 Å². The molecule has 1 rings (SSSR count). The number of carbonyl (C=O) groups is 1. The summed E-state index contributed by atoms with van der Waals surface area (Å²) in [5.74, 6) is -0.205. The maximum atomic E-state index is 12.1. The van der Waals surface area contributed by atoms with E-state index in [0.29, 0.717) is 12.0 Å². The quantitative estimate of drug-likeness (QED) is 0.849. The van der Waals surface area contributed by atoms with E-state index in [1.165, 1.54) is 12.1 Å². The minimum atomic E-state index is -2.87. The highest BCUT2D eigenvalue weighted by Gasteiger charge is 2.15. The Labute approximate surface area is 123 Å². The van der Waals surface area contributed by atoms with Crippen LogP contribution in [0.1, 0.15) is 31.9 Å². The number of carbonyl (C=O) groups excluding carboxylic acids is 1. The first kappa shape index (κ1) is 18.6. The highest BCUT2D eigenvalue weighted by Crippen LogP contribution is 2.20. The first-order chi connectivity index (χ1) is 8.93. The summed E-state index contributed by atoms with van der Waals surface area (Å²) in [5, 5.41) is 2.72. The summed E-state index contributed by atoms with van der Waals surface area (Å²) in [6.45, 7) is 0.696. The summed E-state index contributed by atoms with van der Waals surface area (Å²) in [4.78, 5) is 11.6. The number of hydrogen-bond acceptors (Lipinski definition) is 3. The van der Waals surface area contributed by atoms with E-state index in [1.807, 2.05) is 6.92 Å². The second-order valence-corrected chi connectivity index (χ2v) is 4.20. The number of alkyl halides is 2. The molecule has 114 valence electrons. The average molecular weight is 309 g/mol. The van der Waals surface area contributed by atoms with Crippen molar-refractivity contribution in [3.05, 3.63) is 29.8 Å². The first-order valence-corrected chi connectivity index (χ1v) is 6.04. The van der Waals surface area contributed by atoms with Gasteiger partial charge < -0.3 is 15.8 Å².